The Kier molecular flexibility index (Phi) is 2.42. The Bertz CT molecular complexity index is 215. The molecule has 1 heterocycles. The van der Waals surface area contributed by atoms with Crippen LogP contribution in [0.4, 0.5) is 0 Å². The molecule has 0 aromatic heterocycles. The maximum absolute atomic E-state index is 5.29. The molecule has 0 spiro atoms. The Morgan fingerprint density at radius 3 is 2.50 bits per heavy atom. The molecule has 0 saturated carbocycles. The standard InChI is InChI=1S/C11H14O/c1-2-4-10(3-1)9-11-5-7-12-8-6-11/h1-4,9-10H,5-8H2. The van der Waals surface area contributed by atoms with Crippen LogP contribution in [0, 0.1) is 5.92 Å². The van der Waals surface area contributed by atoms with E-state index in [1.807, 2.05) is 0 Å². The maximum atomic E-state index is 5.29. The summed E-state index contributed by atoms with van der Waals surface area (Å²) in [5.74, 6) is 0.554. The van der Waals surface area contributed by atoms with Crippen molar-refractivity contribution < 1.29 is 4.74 Å². The first-order valence-electron chi connectivity index (χ1n) is 4.57. The molecular weight excluding hydrogens is 148 g/mol. The molecule has 2 aliphatic rings. The van der Waals surface area contributed by atoms with Crippen LogP contribution in [0.5, 0.6) is 0 Å². The fourth-order valence-corrected chi connectivity index (χ4v) is 1.63. The molecule has 1 heteroatoms. The van der Waals surface area contributed by atoms with Gasteiger partial charge in [-0.1, -0.05) is 36.0 Å². The van der Waals surface area contributed by atoms with Crippen LogP contribution < -0.4 is 0 Å². The van der Waals surface area contributed by atoms with Gasteiger partial charge >= 0.3 is 0 Å². The van der Waals surface area contributed by atoms with E-state index in [2.05, 4.69) is 30.4 Å². The minimum atomic E-state index is 0.554. The summed E-state index contributed by atoms with van der Waals surface area (Å²) in [7, 11) is 0. The van der Waals surface area contributed by atoms with Gasteiger partial charge in [-0.3, -0.25) is 0 Å². The van der Waals surface area contributed by atoms with Crippen LogP contribution in [0.15, 0.2) is 36.0 Å². The Labute approximate surface area is 73.4 Å². The predicted octanol–water partition coefficient (Wildman–Crippen LogP) is 2.47. The smallest absolute Gasteiger partial charge is 0.0503 e. The molecule has 1 aliphatic carbocycles. The van der Waals surface area contributed by atoms with E-state index in [9.17, 15) is 0 Å². The molecule has 0 aromatic carbocycles. The highest BCUT2D eigenvalue weighted by Crippen LogP contribution is 2.19. The molecule has 1 aliphatic heterocycles. The van der Waals surface area contributed by atoms with Gasteiger partial charge in [0.2, 0.25) is 0 Å². The van der Waals surface area contributed by atoms with Crippen molar-refractivity contribution in [2.75, 3.05) is 13.2 Å². The lowest BCUT2D eigenvalue weighted by Gasteiger charge is -2.15. The summed E-state index contributed by atoms with van der Waals surface area (Å²) < 4.78 is 5.29. The second kappa shape index (κ2) is 3.72. The van der Waals surface area contributed by atoms with Gasteiger partial charge in [0.05, 0.1) is 13.2 Å². The molecule has 64 valence electrons. The number of hydrogen-bond donors (Lipinski definition) is 0. The summed E-state index contributed by atoms with van der Waals surface area (Å²) in [6, 6.07) is 0. The lowest BCUT2D eigenvalue weighted by molar-refractivity contribution is 0.119. The lowest BCUT2D eigenvalue weighted by atomic mass is 10.0. The number of rotatable bonds is 1. The summed E-state index contributed by atoms with van der Waals surface area (Å²) in [6.45, 7) is 1.82. The van der Waals surface area contributed by atoms with Crippen LogP contribution in [-0.4, -0.2) is 13.2 Å². The van der Waals surface area contributed by atoms with Crippen LogP contribution in [-0.2, 0) is 4.74 Å². The molecule has 1 fully saturated rings. The summed E-state index contributed by atoms with van der Waals surface area (Å²) >= 11 is 0. The Hall–Kier alpha value is -0.820. The van der Waals surface area contributed by atoms with E-state index in [1.54, 1.807) is 5.57 Å². The Morgan fingerprint density at radius 1 is 1.17 bits per heavy atom. The molecule has 0 amide bonds. The van der Waals surface area contributed by atoms with Crippen molar-refractivity contribution in [2.24, 2.45) is 5.92 Å². The van der Waals surface area contributed by atoms with Gasteiger partial charge in [0, 0.05) is 5.92 Å². The molecule has 0 radical (unpaired) electrons. The molecule has 0 atom stereocenters. The average Bonchev–Trinajstić information content (AvgIpc) is 2.59. The summed E-state index contributed by atoms with van der Waals surface area (Å²) in [6.07, 6.45) is 13.3. The van der Waals surface area contributed by atoms with Crippen LogP contribution in [0.2, 0.25) is 0 Å². The summed E-state index contributed by atoms with van der Waals surface area (Å²) in [4.78, 5) is 0. The van der Waals surface area contributed by atoms with Gasteiger partial charge in [-0.15, -0.1) is 0 Å². The first kappa shape index (κ1) is 7.81. The molecule has 0 aromatic rings. The summed E-state index contributed by atoms with van der Waals surface area (Å²) in [5, 5.41) is 0. The Balaban J connectivity index is 1.96. The SMILES string of the molecule is C1=CC(C=C2CCOCC2)C=C1. The van der Waals surface area contributed by atoms with E-state index >= 15 is 0 Å². The maximum Gasteiger partial charge on any atom is 0.0503 e. The lowest BCUT2D eigenvalue weighted by Crippen LogP contribution is -2.07. The first-order valence-corrected chi connectivity index (χ1v) is 4.57. The van der Waals surface area contributed by atoms with E-state index in [0.29, 0.717) is 5.92 Å². The van der Waals surface area contributed by atoms with Crippen molar-refractivity contribution in [2.45, 2.75) is 12.8 Å². The fourth-order valence-electron chi connectivity index (χ4n) is 1.63. The van der Waals surface area contributed by atoms with E-state index in [1.165, 1.54) is 0 Å². The van der Waals surface area contributed by atoms with E-state index in [0.717, 1.165) is 26.1 Å². The van der Waals surface area contributed by atoms with Gasteiger partial charge in [-0.2, -0.15) is 0 Å². The molecular formula is C11H14O. The monoisotopic (exact) mass is 162 g/mol. The molecule has 0 unspecified atom stereocenters. The van der Waals surface area contributed by atoms with Crippen molar-refractivity contribution in [1.82, 2.24) is 0 Å². The predicted molar refractivity (Wildman–Crippen MR) is 49.9 cm³/mol. The number of hydrogen-bond acceptors (Lipinski definition) is 1. The fraction of sp³-hybridized carbons (Fsp3) is 0.455. The highest BCUT2D eigenvalue weighted by Gasteiger charge is 2.07. The second-order valence-electron chi connectivity index (χ2n) is 3.28. The van der Waals surface area contributed by atoms with Crippen molar-refractivity contribution in [3.05, 3.63) is 36.0 Å². The third-order valence-corrected chi connectivity index (χ3v) is 2.34. The van der Waals surface area contributed by atoms with Crippen molar-refractivity contribution in [3.63, 3.8) is 0 Å². The van der Waals surface area contributed by atoms with E-state index < -0.39 is 0 Å². The summed E-state index contributed by atoms with van der Waals surface area (Å²) in [5.41, 5.74) is 1.56. The number of allylic oxidation sites excluding steroid dienone is 5. The van der Waals surface area contributed by atoms with Gasteiger partial charge in [0.1, 0.15) is 0 Å². The average molecular weight is 162 g/mol. The van der Waals surface area contributed by atoms with Crippen LogP contribution in [0.1, 0.15) is 12.8 Å². The Morgan fingerprint density at radius 2 is 1.83 bits per heavy atom. The van der Waals surface area contributed by atoms with Crippen LogP contribution in [0.3, 0.4) is 0 Å². The highest BCUT2D eigenvalue weighted by atomic mass is 16.5. The van der Waals surface area contributed by atoms with Crippen molar-refractivity contribution in [3.8, 4) is 0 Å². The minimum Gasteiger partial charge on any atom is -0.381 e. The topological polar surface area (TPSA) is 9.23 Å². The molecule has 0 N–H and O–H groups in total. The third kappa shape index (κ3) is 1.86. The van der Waals surface area contributed by atoms with Gasteiger partial charge in [-0.05, 0) is 12.8 Å². The van der Waals surface area contributed by atoms with Crippen molar-refractivity contribution in [1.29, 1.82) is 0 Å². The quantitative estimate of drug-likeness (QED) is 0.538. The zero-order chi connectivity index (χ0) is 8.23. The molecule has 1 saturated heterocycles. The van der Waals surface area contributed by atoms with Crippen molar-refractivity contribution >= 4 is 0 Å². The minimum absolute atomic E-state index is 0.554. The van der Waals surface area contributed by atoms with Gasteiger partial charge in [-0.25, -0.2) is 0 Å². The van der Waals surface area contributed by atoms with Gasteiger partial charge in [0.25, 0.3) is 0 Å². The van der Waals surface area contributed by atoms with E-state index in [-0.39, 0.29) is 0 Å². The van der Waals surface area contributed by atoms with Crippen LogP contribution >= 0.6 is 0 Å². The normalized spacial score (nSPS) is 23.5. The molecule has 2 rings (SSSR count). The first-order chi connectivity index (χ1) is 5.95. The highest BCUT2D eigenvalue weighted by molar-refractivity contribution is 5.25. The zero-order valence-corrected chi connectivity index (χ0v) is 7.20. The van der Waals surface area contributed by atoms with Gasteiger partial charge < -0.3 is 4.74 Å². The van der Waals surface area contributed by atoms with E-state index in [4.69, 9.17) is 4.74 Å². The second-order valence-corrected chi connectivity index (χ2v) is 3.28. The molecule has 1 nitrogen and oxygen atoms in total. The zero-order valence-electron chi connectivity index (χ0n) is 7.20. The van der Waals surface area contributed by atoms with Gasteiger partial charge in [0.15, 0.2) is 0 Å². The van der Waals surface area contributed by atoms with Crippen LogP contribution in [0.25, 0.3) is 0 Å². The number of ether oxygens (including phenoxy) is 1. The largest absolute Gasteiger partial charge is 0.381 e. The molecule has 12 heavy (non-hydrogen) atoms. The molecule has 0 bridgehead atoms. The third-order valence-electron chi connectivity index (χ3n) is 2.34.